The number of benzene rings is 2. The van der Waals surface area contributed by atoms with E-state index in [1.807, 2.05) is 0 Å². The highest BCUT2D eigenvalue weighted by molar-refractivity contribution is 7.89. The van der Waals surface area contributed by atoms with Gasteiger partial charge in [-0.2, -0.15) is 0 Å². The van der Waals surface area contributed by atoms with Crippen molar-refractivity contribution in [2.75, 3.05) is 13.2 Å². The van der Waals surface area contributed by atoms with Crippen LogP contribution in [0.25, 0.3) is 6.08 Å². The fourth-order valence-corrected chi connectivity index (χ4v) is 3.78. The van der Waals surface area contributed by atoms with E-state index in [2.05, 4.69) is 10.0 Å². The summed E-state index contributed by atoms with van der Waals surface area (Å²) < 4.78 is 32.4. The molecule has 6 nitrogen and oxygen atoms in total. The highest BCUT2D eigenvalue weighted by Crippen LogP contribution is 2.22. The second kappa shape index (κ2) is 9.23. The van der Waals surface area contributed by atoms with Crippen LogP contribution in [0, 0.1) is 0 Å². The average Bonchev–Trinajstić information content (AvgIpc) is 3.48. The predicted molar refractivity (Wildman–Crippen MR) is 109 cm³/mol. The van der Waals surface area contributed by atoms with E-state index in [0.29, 0.717) is 23.9 Å². The zero-order chi connectivity index (χ0) is 20.0. The van der Waals surface area contributed by atoms with Crippen molar-refractivity contribution in [2.24, 2.45) is 0 Å². The van der Waals surface area contributed by atoms with Gasteiger partial charge in [0.15, 0.2) is 0 Å². The van der Waals surface area contributed by atoms with E-state index >= 15 is 0 Å². The van der Waals surface area contributed by atoms with Crippen molar-refractivity contribution in [3.05, 3.63) is 65.2 Å². The van der Waals surface area contributed by atoms with Crippen molar-refractivity contribution >= 4 is 33.6 Å². The molecule has 0 bridgehead atoms. The molecule has 0 heterocycles. The molecule has 0 aliphatic heterocycles. The Labute approximate surface area is 169 Å². The van der Waals surface area contributed by atoms with E-state index in [1.165, 1.54) is 18.2 Å². The zero-order valence-electron chi connectivity index (χ0n) is 15.1. The molecule has 28 heavy (non-hydrogen) atoms. The number of sulfonamides is 1. The summed E-state index contributed by atoms with van der Waals surface area (Å²) in [6.07, 6.45) is 4.80. The zero-order valence-corrected chi connectivity index (χ0v) is 16.7. The number of nitrogens with one attached hydrogen (secondary N) is 2. The monoisotopic (exact) mass is 420 g/mol. The quantitative estimate of drug-likeness (QED) is 0.482. The Morgan fingerprint density at radius 2 is 1.79 bits per heavy atom. The van der Waals surface area contributed by atoms with Crippen molar-refractivity contribution in [3.63, 3.8) is 0 Å². The Morgan fingerprint density at radius 3 is 2.43 bits per heavy atom. The maximum absolute atomic E-state index is 12.1. The molecule has 0 aromatic heterocycles. The molecule has 0 unspecified atom stereocenters. The highest BCUT2D eigenvalue weighted by Gasteiger charge is 2.27. The molecule has 0 saturated heterocycles. The third kappa shape index (κ3) is 6.37. The van der Waals surface area contributed by atoms with Crippen LogP contribution < -0.4 is 14.8 Å². The predicted octanol–water partition coefficient (Wildman–Crippen LogP) is 2.99. The minimum atomic E-state index is -3.46. The molecule has 0 radical (unpaired) electrons. The van der Waals surface area contributed by atoms with Crippen LogP contribution in [0.4, 0.5) is 0 Å². The summed E-state index contributed by atoms with van der Waals surface area (Å²) in [5.41, 5.74) is 0.734. The molecule has 2 N–H and O–H groups in total. The van der Waals surface area contributed by atoms with Gasteiger partial charge in [0.1, 0.15) is 12.4 Å². The molecule has 1 amide bonds. The molecule has 0 atom stereocenters. The largest absolute Gasteiger partial charge is 0.492 e. The topological polar surface area (TPSA) is 84.5 Å². The minimum absolute atomic E-state index is 0.0666. The molecule has 8 heteroatoms. The van der Waals surface area contributed by atoms with Gasteiger partial charge in [0.2, 0.25) is 15.9 Å². The number of carbonyl (C=O) groups excluding carboxylic acids is 1. The third-order valence-electron chi connectivity index (χ3n) is 4.00. The minimum Gasteiger partial charge on any atom is -0.492 e. The lowest BCUT2D eigenvalue weighted by Crippen LogP contribution is -2.26. The lowest BCUT2D eigenvalue weighted by atomic mass is 10.2. The van der Waals surface area contributed by atoms with Crippen LogP contribution in [0.5, 0.6) is 5.75 Å². The van der Waals surface area contributed by atoms with Gasteiger partial charge in [-0.15, -0.1) is 0 Å². The molecule has 1 saturated carbocycles. The molecular weight excluding hydrogens is 400 g/mol. The Morgan fingerprint density at radius 1 is 1.11 bits per heavy atom. The maximum Gasteiger partial charge on any atom is 0.244 e. The van der Waals surface area contributed by atoms with Crippen LogP contribution in [0.2, 0.25) is 5.02 Å². The third-order valence-corrected chi connectivity index (χ3v) is 5.79. The Balaban J connectivity index is 1.42. The van der Waals surface area contributed by atoms with E-state index in [0.717, 1.165) is 18.4 Å². The fraction of sp³-hybridized carbons (Fsp3) is 0.250. The van der Waals surface area contributed by atoms with E-state index in [4.69, 9.17) is 16.3 Å². The van der Waals surface area contributed by atoms with Gasteiger partial charge >= 0.3 is 0 Å². The van der Waals surface area contributed by atoms with Gasteiger partial charge < -0.3 is 10.1 Å². The van der Waals surface area contributed by atoms with E-state index in [-0.39, 0.29) is 16.8 Å². The molecule has 1 aliphatic carbocycles. The van der Waals surface area contributed by atoms with Crippen molar-refractivity contribution in [1.29, 1.82) is 0 Å². The summed E-state index contributed by atoms with van der Waals surface area (Å²) in [6, 6.07) is 13.4. The van der Waals surface area contributed by atoms with Gasteiger partial charge in [-0.3, -0.25) is 4.79 Å². The summed E-state index contributed by atoms with van der Waals surface area (Å²) in [5, 5.41) is 3.35. The first-order valence-corrected chi connectivity index (χ1v) is 10.8. The fourth-order valence-electron chi connectivity index (χ4n) is 2.35. The van der Waals surface area contributed by atoms with Gasteiger partial charge in [0, 0.05) is 17.1 Å². The lowest BCUT2D eigenvalue weighted by molar-refractivity contribution is -0.116. The number of halogens is 1. The van der Waals surface area contributed by atoms with Crippen LogP contribution >= 0.6 is 11.6 Å². The number of ether oxygens (including phenoxy) is 1. The van der Waals surface area contributed by atoms with Crippen molar-refractivity contribution in [1.82, 2.24) is 10.0 Å². The van der Waals surface area contributed by atoms with E-state index < -0.39 is 10.0 Å². The SMILES string of the molecule is O=C(/C=C/c1ccc(S(=O)(=O)NC2CC2)cc1)NCCOc1ccc(Cl)cc1. The van der Waals surface area contributed by atoms with Gasteiger partial charge in [0.05, 0.1) is 11.4 Å². The molecule has 0 spiro atoms. The Hall–Kier alpha value is -2.35. The number of carbonyl (C=O) groups is 1. The van der Waals surface area contributed by atoms with Crippen LogP contribution in [-0.4, -0.2) is 33.5 Å². The number of hydrogen-bond acceptors (Lipinski definition) is 4. The summed E-state index contributed by atoms with van der Waals surface area (Å²) in [5.74, 6) is 0.423. The summed E-state index contributed by atoms with van der Waals surface area (Å²) in [7, 11) is -3.46. The molecular formula is C20H21ClN2O4S. The summed E-state index contributed by atoms with van der Waals surface area (Å²) in [6.45, 7) is 0.692. The second-order valence-corrected chi connectivity index (χ2v) is 8.54. The molecule has 3 rings (SSSR count). The number of rotatable bonds is 9. The number of hydrogen-bond donors (Lipinski definition) is 2. The van der Waals surface area contributed by atoms with E-state index in [1.54, 1.807) is 42.5 Å². The second-order valence-electron chi connectivity index (χ2n) is 6.39. The van der Waals surface area contributed by atoms with Crippen LogP contribution in [-0.2, 0) is 14.8 Å². The van der Waals surface area contributed by atoms with Gasteiger partial charge in [0.25, 0.3) is 0 Å². The van der Waals surface area contributed by atoms with Crippen molar-refractivity contribution in [3.8, 4) is 5.75 Å². The summed E-state index contributed by atoms with van der Waals surface area (Å²) >= 11 is 5.80. The number of amides is 1. The first-order valence-electron chi connectivity index (χ1n) is 8.89. The van der Waals surface area contributed by atoms with E-state index in [9.17, 15) is 13.2 Å². The van der Waals surface area contributed by atoms with Gasteiger partial charge in [-0.1, -0.05) is 23.7 Å². The highest BCUT2D eigenvalue weighted by atomic mass is 35.5. The van der Waals surface area contributed by atoms with Gasteiger partial charge in [-0.05, 0) is 60.9 Å². The molecule has 1 aliphatic rings. The molecule has 2 aromatic carbocycles. The van der Waals surface area contributed by atoms with Crippen molar-refractivity contribution < 1.29 is 17.9 Å². The average molecular weight is 421 g/mol. The first-order chi connectivity index (χ1) is 13.4. The smallest absolute Gasteiger partial charge is 0.244 e. The van der Waals surface area contributed by atoms with Crippen molar-refractivity contribution in [2.45, 2.75) is 23.8 Å². The molecule has 2 aromatic rings. The lowest BCUT2D eigenvalue weighted by Gasteiger charge is -2.06. The maximum atomic E-state index is 12.1. The van der Waals surface area contributed by atoms with Crippen LogP contribution in [0.3, 0.4) is 0 Å². The summed E-state index contributed by atoms with van der Waals surface area (Å²) in [4.78, 5) is 12.1. The standard InChI is InChI=1S/C20H21ClN2O4S/c21-16-4-8-18(9-5-16)27-14-13-22-20(24)12-3-15-1-10-19(11-2-15)28(25,26)23-17-6-7-17/h1-5,8-12,17,23H,6-7,13-14H2,(H,22,24)/b12-3+. The first kappa shape index (κ1) is 20.4. The normalized spacial score (nSPS) is 14.2. The Bertz CT molecular complexity index is 937. The molecule has 148 valence electrons. The Kier molecular flexibility index (Phi) is 6.72. The van der Waals surface area contributed by atoms with Gasteiger partial charge in [-0.25, -0.2) is 13.1 Å². The van der Waals surface area contributed by atoms with Crippen LogP contribution in [0.1, 0.15) is 18.4 Å². The van der Waals surface area contributed by atoms with Crippen LogP contribution in [0.15, 0.2) is 59.5 Å². The molecule has 1 fully saturated rings.